The number of hydrogen-bond donors (Lipinski definition) is 4. The predicted molar refractivity (Wildman–Crippen MR) is 37.5 cm³/mol. The van der Waals surface area contributed by atoms with E-state index in [-0.39, 0.29) is 0 Å². The van der Waals surface area contributed by atoms with Crippen molar-refractivity contribution >= 4 is 11.5 Å². The second-order valence-corrected chi connectivity index (χ2v) is 1.66. The maximum atomic E-state index is 8.44. The number of nitrogens with one attached hydrogen (secondary N) is 2. The Bertz CT molecular complexity index is 192. The van der Waals surface area contributed by atoms with E-state index in [0.29, 0.717) is 11.5 Å². The lowest BCUT2D eigenvalue weighted by molar-refractivity contribution is 0.386. The van der Waals surface area contributed by atoms with Gasteiger partial charge in [-0.2, -0.15) is 0 Å². The molecule has 5 N–H and O–H groups in total. The van der Waals surface area contributed by atoms with Crippen molar-refractivity contribution < 1.29 is 5.21 Å². The van der Waals surface area contributed by atoms with Crippen molar-refractivity contribution in [1.82, 2.24) is 4.98 Å². The molecule has 1 aromatic heterocycles. The monoisotopic (exact) mass is 140 g/mol. The number of rotatable bonds is 2. The normalized spacial score (nSPS) is 9.00. The molecule has 0 bridgehead atoms. The Morgan fingerprint density at radius 1 is 1.60 bits per heavy atom. The average molecular weight is 140 g/mol. The molecule has 0 aliphatic carbocycles. The van der Waals surface area contributed by atoms with Gasteiger partial charge in [-0.1, -0.05) is 0 Å². The summed E-state index contributed by atoms with van der Waals surface area (Å²) in [6, 6.07) is 3.39. The first-order valence-electron chi connectivity index (χ1n) is 2.70. The molecular formula is C5H8N4O. The quantitative estimate of drug-likeness (QED) is 0.347. The molecule has 0 spiro atoms. The minimum Gasteiger partial charge on any atom is -0.321 e. The van der Waals surface area contributed by atoms with Crippen molar-refractivity contribution in [2.45, 2.75) is 0 Å². The summed E-state index contributed by atoms with van der Waals surface area (Å²) in [7, 11) is 0. The molecule has 0 atom stereocenters. The maximum absolute atomic E-state index is 8.44. The van der Waals surface area contributed by atoms with Gasteiger partial charge in [0.25, 0.3) is 0 Å². The minimum absolute atomic E-state index is 0.310. The van der Waals surface area contributed by atoms with E-state index in [1.54, 1.807) is 18.3 Å². The summed E-state index contributed by atoms with van der Waals surface area (Å²) in [5.41, 5.74) is 4.80. The van der Waals surface area contributed by atoms with E-state index in [4.69, 9.17) is 11.0 Å². The highest BCUT2D eigenvalue weighted by molar-refractivity contribution is 5.61. The van der Waals surface area contributed by atoms with Crippen molar-refractivity contribution in [3.63, 3.8) is 0 Å². The molecular weight excluding hydrogens is 132 g/mol. The van der Waals surface area contributed by atoms with Gasteiger partial charge in [0.2, 0.25) is 0 Å². The van der Waals surface area contributed by atoms with Crippen LogP contribution in [-0.4, -0.2) is 10.2 Å². The van der Waals surface area contributed by atoms with Crippen LogP contribution in [0.3, 0.4) is 0 Å². The van der Waals surface area contributed by atoms with Crippen LogP contribution in [0.5, 0.6) is 0 Å². The Balaban J connectivity index is 2.96. The molecule has 0 amide bonds. The molecule has 5 nitrogen and oxygen atoms in total. The van der Waals surface area contributed by atoms with Crippen LogP contribution in [0.15, 0.2) is 18.3 Å². The van der Waals surface area contributed by atoms with Crippen LogP contribution in [0.25, 0.3) is 0 Å². The van der Waals surface area contributed by atoms with Gasteiger partial charge >= 0.3 is 0 Å². The van der Waals surface area contributed by atoms with Crippen molar-refractivity contribution in [2.24, 2.45) is 5.84 Å². The molecule has 0 unspecified atom stereocenters. The molecule has 1 rings (SSSR count). The van der Waals surface area contributed by atoms with E-state index < -0.39 is 0 Å². The molecule has 0 aliphatic heterocycles. The molecule has 0 saturated carbocycles. The fraction of sp³-hybridized carbons (Fsp3) is 0. The van der Waals surface area contributed by atoms with E-state index in [1.807, 2.05) is 5.48 Å². The van der Waals surface area contributed by atoms with Crippen molar-refractivity contribution in [3.05, 3.63) is 18.3 Å². The zero-order valence-corrected chi connectivity index (χ0v) is 5.20. The van der Waals surface area contributed by atoms with Gasteiger partial charge in [0.15, 0.2) is 5.82 Å². The van der Waals surface area contributed by atoms with Crippen LogP contribution in [0.2, 0.25) is 0 Å². The summed E-state index contributed by atoms with van der Waals surface area (Å²) in [6.45, 7) is 0. The number of nitrogens with two attached hydrogens (primary N) is 1. The first kappa shape index (κ1) is 6.79. The van der Waals surface area contributed by atoms with E-state index >= 15 is 0 Å². The van der Waals surface area contributed by atoms with Crippen molar-refractivity contribution in [3.8, 4) is 0 Å². The third-order valence-electron chi connectivity index (χ3n) is 1.07. The number of anilines is 2. The molecule has 0 saturated heterocycles. The Morgan fingerprint density at radius 2 is 2.40 bits per heavy atom. The van der Waals surface area contributed by atoms with E-state index in [0.717, 1.165) is 0 Å². The van der Waals surface area contributed by atoms with E-state index in [9.17, 15) is 0 Å². The summed E-state index contributed by atoms with van der Waals surface area (Å²) >= 11 is 0. The summed E-state index contributed by atoms with van der Waals surface area (Å²) in [4.78, 5) is 3.76. The van der Waals surface area contributed by atoms with Gasteiger partial charge in [0, 0.05) is 6.20 Å². The second-order valence-electron chi connectivity index (χ2n) is 1.66. The van der Waals surface area contributed by atoms with Crippen molar-refractivity contribution in [2.75, 3.05) is 10.9 Å². The van der Waals surface area contributed by atoms with Crippen LogP contribution in [0, 0.1) is 0 Å². The van der Waals surface area contributed by atoms with Gasteiger partial charge in [0.05, 0.1) is 5.69 Å². The number of hydrogen-bond acceptors (Lipinski definition) is 5. The second kappa shape index (κ2) is 3.00. The predicted octanol–water partition coefficient (Wildman–Crippen LogP) is 0.168. The Hall–Kier alpha value is -1.33. The highest BCUT2D eigenvalue weighted by Gasteiger charge is 1.96. The lowest BCUT2D eigenvalue weighted by Gasteiger charge is -2.03. The Morgan fingerprint density at radius 3 is 2.90 bits per heavy atom. The largest absolute Gasteiger partial charge is 0.321 e. The van der Waals surface area contributed by atoms with Gasteiger partial charge < -0.3 is 5.43 Å². The lowest BCUT2D eigenvalue weighted by atomic mass is 10.4. The summed E-state index contributed by atoms with van der Waals surface area (Å²) in [5, 5.41) is 8.44. The van der Waals surface area contributed by atoms with Gasteiger partial charge in [-0.25, -0.2) is 4.98 Å². The van der Waals surface area contributed by atoms with Crippen molar-refractivity contribution in [1.29, 1.82) is 0 Å². The molecule has 0 aromatic carbocycles. The molecule has 0 radical (unpaired) electrons. The highest BCUT2D eigenvalue weighted by Crippen LogP contribution is 2.14. The number of pyridine rings is 1. The summed E-state index contributed by atoms with van der Waals surface area (Å²) in [6.07, 6.45) is 1.54. The number of aromatic nitrogens is 1. The molecule has 0 fully saturated rings. The first-order chi connectivity index (χ1) is 4.88. The van der Waals surface area contributed by atoms with Crippen LogP contribution in [0.1, 0.15) is 0 Å². The SMILES string of the molecule is NNc1cccnc1NO. The average Bonchev–Trinajstić information content (AvgIpc) is 2.04. The van der Waals surface area contributed by atoms with Crippen LogP contribution in [-0.2, 0) is 0 Å². The van der Waals surface area contributed by atoms with Gasteiger partial charge in [-0.05, 0) is 12.1 Å². The van der Waals surface area contributed by atoms with E-state index in [2.05, 4.69) is 10.4 Å². The van der Waals surface area contributed by atoms with Crippen LogP contribution >= 0.6 is 0 Å². The van der Waals surface area contributed by atoms with Crippen LogP contribution in [0.4, 0.5) is 11.5 Å². The van der Waals surface area contributed by atoms with Gasteiger partial charge in [-0.15, -0.1) is 0 Å². The van der Waals surface area contributed by atoms with Crippen LogP contribution < -0.4 is 16.7 Å². The molecule has 1 aromatic rings. The standard InChI is InChI=1S/C5H8N4O/c6-8-4-2-1-3-7-5(4)9-10/h1-3,8,10H,6H2,(H,7,9). The number of hydrazine groups is 1. The topological polar surface area (TPSA) is 83.2 Å². The first-order valence-corrected chi connectivity index (χ1v) is 2.70. The summed E-state index contributed by atoms with van der Waals surface area (Å²) in [5.74, 6) is 5.40. The molecule has 10 heavy (non-hydrogen) atoms. The molecule has 1 heterocycles. The number of nitrogens with zero attached hydrogens (tertiary/aromatic N) is 1. The molecule has 0 aliphatic rings. The third-order valence-corrected chi connectivity index (χ3v) is 1.07. The highest BCUT2D eigenvalue weighted by atomic mass is 16.5. The maximum Gasteiger partial charge on any atom is 0.174 e. The van der Waals surface area contributed by atoms with Gasteiger partial charge in [-0.3, -0.25) is 16.5 Å². The zero-order chi connectivity index (χ0) is 7.40. The molecule has 54 valence electrons. The lowest BCUT2D eigenvalue weighted by Crippen LogP contribution is -2.09. The smallest absolute Gasteiger partial charge is 0.174 e. The van der Waals surface area contributed by atoms with E-state index in [1.165, 1.54) is 0 Å². The zero-order valence-electron chi connectivity index (χ0n) is 5.20. The fourth-order valence-electron chi connectivity index (χ4n) is 0.611. The molecule has 5 heteroatoms. The minimum atomic E-state index is 0.310. The Kier molecular flexibility index (Phi) is 2.03. The Labute approximate surface area is 57.8 Å². The van der Waals surface area contributed by atoms with Gasteiger partial charge in [0.1, 0.15) is 0 Å². The fourth-order valence-corrected chi connectivity index (χ4v) is 0.611. The third kappa shape index (κ3) is 1.15. The number of nitrogen functional groups attached to an aromatic ring is 1. The summed E-state index contributed by atoms with van der Waals surface area (Å²) < 4.78 is 0.